The molecule has 0 rings (SSSR count). The summed E-state index contributed by atoms with van der Waals surface area (Å²) < 4.78 is 25.0. The van der Waals surface area contributed by atoms with Crippen LogP contribution in [0.15, 0.2) is 0 Å². The van der Waals surface area contributed by atoms with Gasteiger partial charge in [0.15, 0.2) is 0 Å². The molecule has 0 fully saturated rings. The van der Waals surface area contributed by atoms with Gasteiger partial charge >= 0.3 is 0 Å². The van der Waals surface area contributed by atoms with Crippen LogP contribution in [0.5, 0.6) is 0 Å². The highest BCUT2D eigenvalue weighted by Gasteiger charge is 2.31. The zero-order chi connectivity index (χ0) is 7.49. The molecule has 0 unspecified atom stereocenters. The molecule has 0 aliphatic rings. The van der Waals surface area contributed by atoms with Crippen molar-refractivity contribution in [3.8, 4) is 0 Å². The van der Waals surface area contributed by atoms with Crippen molar-refractivity contribution in [2.45, 2.75) is 26.2 Å². The summed E-state index contributed by atoms with van der Waals surface area (Å²) in [5, 5.41) is 0.373. The van der Waals surface area contributed by atoms with Crippen molar-refractivity contribution in [1.29, 1.82) is 0 Å². The van der Waals surface area contributed by atoms with E-state index in [-0.39, 0.29) is 6.42 Å². The first kappa shape index (κ1) is 9.34. The standard InChI is InChI=1S/C6H11BrF2/c1-5(2)6(8,9)3-4-7/h5H,3-4H2,1-2H3. The van der Waals surface area contributed by atoms with Crippen LogP contribution < -0.4 is 0 Å². The lowest BCUT2D eigenvalue weighted by atomic mass is 10.0. The second-order valence-electron chi connectivity index (χ2n) is 2.35. The summed E-state index contributed by atoms with van der Waals surface area (Å²) in [5.74, 6) is -3.04. The first-order chi connectivity index (χ1) is 4.00. The van der Waals surface area contributed by atoms with Crippen LogP contribution in [0.1, 0.15) is 20.3 Å². The topological polar surface area (TPSA) is 0 Å². The minimum absolute atomic E-state index is 0.0648. The van der Waals surface area contributed by atoms with Crippen LogP contribution in [-0.2, 0) is 0 Å². The Kier molecular flexibility index (Phi) is 3.63. The van der Waals surface area contributed by atoms with Crippen LogP contribution in [0, 0.1) is 5.92 Å². The summed E-state index contributed by atoms with van der Waals surface area (Å²) in [4.78, 5) is 0. The van der Waals surface area contributed by atoms with E-state index in [1.165, 1.54) is 13.8 Å². The molecule has 56 valence electrons. The predicted molar refractivity (Wildman–Crippen MR) is 38.2 cm³/mol. The van der Waals surface area contributed by atoms with E-state index in [4.69, 9.17) is 0 Å². The van der Waals surface area contributed by atoms with Gasteiger partial charge in [-0.25, -0.2) is 8.78 Å². The number of hydrogen-bond donors (Lipinski definition) is 0. The summed E-state index contributed by atoms with van der Waals surface area (Å²) in [7, 11) is 0. The van der Waals surface area contributed by atoms with E-state index in [0.717, 1.165) is 0 Å². The molecule has 0 nitrogen and oxygen atoms in total. The van der Waals surface area contributed by atoms with Gasteiger partial charge in [0.1, 0.15) is 0 Å². The van der Waals surface area contributed by atoms with Gasteiger partial charge in [0.05, 0.1) is 0 Å². The molecule has 0 saturated heterocycles. The molecular formula is C6H11BrF2. The molecule has 0 amide bonds. The summed E-state index contributed by atoms with van der Waals surface area (Å²) in [6.45, 7) is 3.06. The van der Waals surface area contributed by atoms with Gasteiger partial charge in [-0.3, -0.25) is 0 Å². The highest BCUT2D eigenvalue weighted by molar-refractivity contribution is 9.09. The average Bonchev–Trinajstić information content (AvgIpc) is 1.65. The Morgan fingerprint density at radius 3 is 2.00 bits per heavy atom. The second-order valence-corrected chi connectivity index (χ2v) is 3.15. The molecule has 0 aliphatic heterocycles. The van der Waals surface area contributed by atoms with Gasteiger partial charge in [-0.05, 0) is 0 Å². The molecular weight excluding hydrogens is 190 g/mol. The highest BCUT2D eigenvalue weighted by Crippen LogP contribution is 2.27. The number of rotatable bonds is 3. The van der Waals surface area contributed by atoms with Gasteiger partial charge in [0.2, 0.25) is 0 Å². The Morgan fingerprint density at radius 1 is 1.44 bits per heavy atom. The lowest BCUT2D eigenvalue weighted by molar-refractivity contribution is -0.0464. The SMILES string of the molecule is CC(C)C(F)(F)CCBr. The third kappa shape index (κ3) is 3.14. The largest absolute Gasteiger partial charge is 0.251 e. The molecule has 0 aliphatic carbocycles. The molecule has 0 atom stereocenters. The van der Waals surface area contributed by atoms with E-state index in [2.05, 4.69) is 15.9 Å². The maximum Gasteiger partial charge on any atom is 0.251 e. The Balaban J connectivity index is 3.70. The Labute approximate surface area is 62.8 Å². The molecule has 0 aromatic carbocycles. The zero-order valence-corrected chi connectivity index (χ0v) is 7.21. The van der Waals surface area contributed by atoms with Crippen molar-refractivity contribution in [3.05, 3.63) is 0 Å². The normalized spacial score (nSPS) is 12.7. The van der Waals surface area contributed by atoms with Crippen molar-refractivity contribution >= 4 is 15.9 Å². The van der Waals surface area contributed by atoms with Gasteiger partial charge in [0, 0.05) is 17.7 Å². The smallest absolute Gasteiger partial charge is 0.207 e. The van der Waals surface area contributed by atoms with E-state index in [1.807, 2.05) is 0 Å². The molecule has 0 heterocycles. The molecule has 0 bridgehead atoms. The van der Waals surface area contributed by atoms with Crippen molar-refractivity contribution in [1.82, 2.24) is 0 Å². The average molecular weight is 201 g/mol. The lowest BCUT2D eigenvalue weighted by Gasteiger charge is -2.18. The molecule has 0 radical (unpaired) electrons. The quantitative estimate of drug-likeness (QED) is 0.615. The lowest BCUT2D eigenvalue weighted by Crippen LogP contribution is -2.23. The molecule has 3 heteroatoms. The fourth-order valence-corrected chi connectivity index (χ4v) is 0.943. The molecule has 0 aromatic rings. The third-order valence-corrected chi connectivity index (χ3v) is 1.67. The highest BCUT2D eigenvalue weighted by atomic mass is 79.9. The maximum absolute atomic E-state index is 12.5. The van der Waals surface area contributed by atoms with Gasteiger partial charge < -0.3 is 0 Å². The van der Waals surface area contributed by atoms with Crippen LogP contribution in [0.4, 0.5) is 8.78 Å². The van der Waals surface area contributed by atoms with Crippen LogP contribution >= 0.6 is 15.9 Å². The Morgan fingerprint density at radius 2 is 1.89 bits per heavy atom. The molecule has 0 spiro atoms. The van der Waals surface area contributed by atoms with Crippen LogP contribution in [0.25, 0.3) is 0 Å². The molecule has 0 aromatic heterocycles. The van der Waals surface area contributed by atoms with E-state index in [9.17, 15) is 8.78 Å². The van der Waals surface area contributed by atoms with Crippen LogP contribution in [-0.4, -0.2) is 11.3 Å². The molecule has 0 saturated carbocycles. The van der Waals surface area contributed by atoms with Crippen molar-refractivity contribution in [2.75, 3.05) is 5.33 Å². The first-order valence-electron chi connectivity index (χ1n) is 2.94. The van der Waals surface area contributed by atoms with Crippen LogP contribution in [0.3, 0.4) is 0 Å². The van der Waals surface area contributed by atoms with E-state index in [0.29, 0.717) is 5.33 Å². The van der Waals surface area contributed by atoms with E-state index in [1.54, 1.807) is 0 Å². The number of hydrogen-bond acceptors (Lipinski definition) is 0. The summed E-state index contributed by atoms with van der Waals surface area (Å²) in [6.07, 6.45) is -0.0648. The second kappa shape index (κ2) is 3.49. The van der Waals surface area contributed by atoms with E-state index >= 15 is 0 Å². The summed E-state index contributed by atoms with van der Waals surface area (Å²) >= 11 is 2.97. The number of halogens is 3. The Hall–Kier alpha value is 0.340. The number of alkyl halides is 3. The first-order valence-corrected chi connectivity index (χ1v) is 4.06. The Bertz CT molecular complexity index is 81.1. The van der Waals surface area contributed by atoms with Gasteiger partial charge in [-0.2, -0.15) is 0 Å². The van der Waals surface area contributed by atoms with Crippen molar-refractivity contribution in [2.24, 2.45) is 5.92 Å². The van der Waals surface area contributed by atoms with Crippen LogP contribution in [0.2, 0.25) is 0 Å². The zero-order valence-electron chi connectivity index (χ0n) is 5.63. The fourth-order valence-electron chi connectivity index (χ4n) is 0.415. The fraction of sp³-hybridized carbons (Fsp3) is 1.00. The minimum Gasteiger partial charge on any atom is -0.207 e. The van der Waals surface area contributed by atoms with Crippen molar-refractivity contribution in [3.63, 3.8) is 0 Å². The summed E-state index contributed by atoms with van der Waals surface area (Å²) in [5.41, 5.74) is 0. The summed E-state index contributed by atoms with van der Waals surface area (Å²) in [6, 6.07) is 0. The molecule has 9 heavy (non-hydrogen) atoms. The van der Waals surface area contributed by atoms with Gasteiger partial charge in [0.25, 0.3) is 5.92 Å². The molecule has 0 N–H and O–H groups in total. The minimum atomic E-state index is -2.50. The van der Waals surface area contributed by atoms with Gasteiger partial charge in [-0.1, -0.05) is 29.8 Å². The van der Waals surface area contributed by atoms with Crippen molar-refractivity contribution < 1.29 is 8.78 Å². The predicted octanol–water partition coefficient (Wildman–Crippen LogP) is 3.06. The third-order valence-electron chi connectivity index (χ3n) is 1.27. The van der Waals surface area contributed by atoms with E-state index < -0.39 is 11.8 Å². The monoisotopic (exact) mass is 200 g/mol. The maximum atomic E-state index is 12.5. The van der Waals surface area contributed by atoms with Gasteiger partial charge in [-0.15, -0.1) is 0 Å².